The average molecular weight is 472 g/mol. The molecule has 0 aliphatic rings. The van der Waals surface area contributed by atoms with E-state index < -0.39 is 17.4 Å². The lowest BCUT2D eigenvalue weighted by atomic mass is 10.2. The number of carbonyl (C=O) groups excluding carboxylic acids is 1. The summed E-state index contributed by atoms with van der Waals surface area (Å²) in [4.78, 5) is 35.0. The van der Waals surface area contributed by atoms with Gasteiger partial charge in [-0.05, 0) is 69.2 Å². The molecule has 10 nitrogen and oxygen atoms in total. The number of nitrogens with one attached hydrogen (secondary N) is 1. The number of imidazole rings is 1. The first-order chi connectivity index (χ1) is 16.7. The molecule has 0 aliphatic heterocycles. The van der Waals surface area contributed by atoms with Gasteiger partial charge < -0.3 is 15.8 Å². The van der Waals surface area contributed by atoms with Crippen molar-refractivity contribution in [3.63, 3.8) is 0 Å². The maximum absolute atomic E-state index is 13.3. The van der Waals surface area contributed by atoms with E-state index in [1.807, 2.05) is 12.1 Å². The van der Waals surface area contributed by atoms with Crippen molar-refractivity contribution in [3.05, 3.63) is 76.5 Å². The quantitative estimate of drug-likeness (QED) is 0.419. The van der Waals surface area contributed by atoms with E-state index in [0.717, 1.165) is 10.1 Å². The lowest BCUT2D eigenvalue weighted by Gasteiger charge is -2.19. The fourth-order valence-corrected chi connectivity index (χ4v) is 3.54. The Morgan fingerprint density at radius 2 is 2.03 bits per heavy atom. The average Bonchev–Trinajstić information content (AvgIpc) is 3.09. The van der Waals surface area contributed by atoms with Gasteiger partial charge in [-0.15, -0.1) is 0 Å². The van der Waals surface area contributed by atoms with Gasteiger partial charge in [0.15, 0.2) is 5.65 Å². The van der Waals surface area contributed by atoms with E-state index in [1.165, 1.54) is 4.57 Å². The number of nitrogens with zero attached hydrogens (tertiary/aromatic N) is 5. The van der Waals surface area contributed by atoms with Crippen LogP contribution < -0.4 is 16.7 Å². The second-order valence-electron chi connectivity index (χ2n) is 8.94. The van der Waals surface area contributed by atoms with E-state index in [4.69, 9.17) is 10.5 Å². The second-order valence-corrected chi connectivity index (χ2v) is 8.94. The minimum Gasteiger partial charge on any atom is -0.443 e. The number of pyridine rings is 2. The van der Waals surface area contributed by atoms with E-state index in [9.17, 15) is 14.9 Å². The normalized spacial score (nSPS) is 11.3. The van der Waals surface area contributed by atoms with Crippen LogP contribution in [0.5, 0.6) is 0 Å². The van der Waals surface area contributed by atoms with Crippen LogP contribution >= 0.6 is 0 Å². The molecule has 35 heavy (non-hydrogen) atoms. The fraction of sp³-hybridized carbons (Fsp3) is 0.240. The Morgan fingerprint density at radius 1 is 1.23 bits per heavy atom. The predicted octanol–water partition coefficient (Wildman–Crippen LogP) is 3.82. The van der Waals surface area contributed by atoms with Crippen molar-refractivity contribution in [1.82, 2.24) is 19.1 Å². The van der Waals surface area contributed by atoms with Gasteiger partial charge in [-0.25, -0.2) is 14.6 Å². The number of aryl methyl sites for hydroxylation is 2. The summed E-state index contributed by atoms with van der Waals surface area (Å²) in [5.74, 6) is 0.399. The molecule has 3 aromatic heterocycles. The molecule has 0 amide bonds. The summed E-state index contributed by atoms with van der Waals surface area (Å²) in [6, 6.07) is 13.9. The third kappa shape index (κ3) is 5.14. The van der Waals surface area contributed by atoms with Crippen molar-refractivity contribution >= 4 is 34.4 Å². The Balaban J connectivity index is 1.78. The Labute approximate surface area is 201 Å². The van der Waals surface area contributed by atoms with Gasteiger partial charge >= 0.3 is 11.8 Å². The summed E-state index contributed by atoms with van der Waals surface area (Å²) < 4.78 is 7.89. The van der Waals surface area contributed by atoms with E-state index in [2.05, 4.69) is 21.4 Å². The van der Waals surface area contributed by atoms with E-state index in [-0.39, 0.29) is 6.54 Å². The molecule has 0 bridgehead atoms. The van der Waals surface area contributed by atoms with Gasteiger partial charge in [0.2, 0.25) is 0 Å². The van der Waals surface area contributed by atoms with E-state index in [1.54, 1.807) is 63.5 Å². The molecular weight excluding hydrogens is 446 g/mol. The molecular formula is C25H25N7O3. The lowest BCUT2D eigenvalue weighted by molar-refractivity contribution is 0.0537. The molecule has 1 aromatic carbocycles. The van der Waals surface area contributed by atoms with Crippen LogP contribution in [0.1, 0.15) is 31.9 Å². The lowest BCUT2D eigenvalue weighted by Crippen LogP contribution is -2.34. The van der Waals surface area contributed by atoms with Gasteiger partial charge in [0.05, 0.1) is 23.0 Å². The number of fused-ring (bicyclic) bond motifs is 1. The Morgan fingerprint density at radius 3 is 2.71 bits per heavy atom. The fourth-order valence-electron chi connectivity index (χ4n) is 3.54. The van der Waals surface area contributed by atoms with Gasteiger partial charge in [-0.1, -0.05) is 6.07 Å². The Kier molecular flexibility index (Phi) is 6.25. The number of anilines is 3. The maximum Gasteiger partial charge on any atom is 0.423 e. The number of nitrogen functional groups attached to an aromatic ring is 1. The number of benzene rings is 1. The van der Waals surface area contributed by atoms with Gasteiger partial charge in [0.25, 0.3) is 0 Å². The molecule has 10 heteroatoms. The first kappa shape index (κ1) is 23.5. The van der Waals surface area contributed by atoms with Gasteiger partial charge in [-0.3, -0.25) is 9.55 Å². The monoisotopic (exact) mass is 471 g/mol. The number of hydrogen-bond donors (Lipinski definition) is 2. The number of nitrogens with two attached hydrogens (primary N) is 1. The largest absolute Gasteiger partial charge is 0.443 e. The third-order valence-corrected chi connectivity index (χ3v) is 5.14. The van der Waals surface area contributed by atoms with Gasteiger partial charge in [0.1, 0.15) is 16.9 Å². The first-order valence-corrected chi connectivity index (χ1v) is 11.0. The van der Waals surface area contributed by atoms with Crippen LogP contribution in [0.15, 0.2) is 59.7 Å². The van der Waals surface area contributed by atoms with Crippen molar-refractivity contribution in [2.45, 2.75) is 39.3 Å². The standard InChI is InChI=1S/C25H25N7O3/c1-25(2,3)35-24(34)32-20-8-9-21(29-19-13-17(14-26)6-7-18(19)27)30-22(20)31(23(32)33)12-10-16-5-4-11-28-15-16/h4-9,11,13,15H,10,12,27H2,1-3H3,(H,29,30). The minimum atomic E-state index is -0.779. The van der Waals surface area contributed by atoms with E-state index in [0.29, 0.717) is 40.3 Å². The number of nitriles is 1. The summed E-state index contributed by atoms with van der Waals surface area (Å²) in [5.41, 5.74) is 7.67. The number of ether oxygens (including phenoxy) is 1. The van der Waals surface area contributed by atoms with Crippen molar-refractivity contribution in [2.75, 3.05) is 11.1 Å². The molecule has 3 heterocycles. The zero-order valence-corrected chi connectivity index (χ0v) is 19.6. The Hall–Kier alpha value is -4.65. The Bertz CT molecular complexity index is 1490. The minimum absolute atomic E-state index is 0.277. The molecule has 0 aliphatic carbocycles. The van der Waals surface area contributed by atoms with E-state index >= 15 is 0 Å². The van der Waals surface area contributed by atoms with Crippen LogP contribution in [0, 0.1) is 11.3 Å². The van der Waals surface area contributed by atoms with Crippen molar-refractivity contribution < 1.29 is 9.53 Å². The molecule has 4 aromatic rings. The van der Waals surface area contributed by atoms with Gasteiger partial charge in [0, 0.05) is 18.9 Å². The van der Waals surface area contributed by atoms with Crippen LogP contribution in [0.25, 0.3) is 11.2 Å². The zero-order valence-electron chi connectivity index (χ0n) is 19.6. The molecule has 178 valence electrons. The summed E-state index contributed by atoms with van der Waals surface area (Å²) in [6.45, 7) is 5.48. The van der Waals surface area contributed by atoms with Crippen LogP contribution in [-0.4, -0.2) is 30.8 Å². The molecule has 0 saturated heterocycles. The number of aromatic nitrogens is 4. The molecule has 0 saturated carbocycles. The highest BCUT2D eigenvalue weighted by atomic mass is 16.6. The SMILES string of the molecule is CC(C)(C)OC(=O)n1c(=O)n(CCc2cccnc2)c2nc(Nc3cc(C#N)ccc3N)ccc21. The first-order valence-electron chi connectivity index (χ1n) is 11.0. The van der Waals surface area contributed by atoms with Crippen molar-refractivity contribution in [2.24, 2.45) is 0 Å². The number of carbonyl (C=O) groups is 1. The summed E-state index contributed by atoms with van der Waals surface area (Å²) in [5, 5.41) is 12.3. The molecule has 0 spiro atoms. The van der Waals surface area contributed by atoms with Crippen LogP contribution in [0.2, 0.25) is 0 Å². The maximum atomic E-state index is 13.3. The highest BCUT2D eigenvalue weighted by Gasteiger charge is 2.25. The van der Waals surface area contributed by atoms with Crippen LogP contribution in [0.4, 0.5) is 22.0 Å². The molecule has 3 N–H and O–H groups in total. The summed E-state index contributed by atoms with van der Waals surface area (Å²) >= 11 is 0. The second kappa shape index (κ2) is 9.30. The van der Waals surface area contributed by atoms with Crippen molar-refractivity contribution in [3.8, 4) is 6.07 Å². The smallest absolute Gasteiger partial charge is 0.423 e. The third-order valence-electron chi connectivity index (χ3n) is 5.14. The molecule has 0 fully saturated rings. The van der Waals surface area contributed by atoms with Crippen molar-refractivity contribution in [1.29, 1.82) is 5.26 Å². The topological polar surface area (TPSA) is 141 Å². The van der Waals surface area contributed by atoms with Crippen LogP contribution in [-0.2, 0) is 17.7 Å². The molecule has 0 atom stereocenters. The molecule has 0 radical (unpaired) electrons. The van der Waals surface area contributed by atoms with Gasteiger partial charge in [-0.2, -0.15) is 9.83 Å². The highest BCUT2D eigenvalue weighted by molar-refractivity contribution is 5.86. The van der Waals surface area contributed by atoms with Crippen LogP contribution in [0.3, 0.4) is 0 Å². The number of hydrogen-bond acceptors (Lipinski definition) is 8. The highest BCUT2D eigenvalue weighted by Crippen LogP contribution is 2.25. The molecule has 4 rings (SSSR count). The number of rotatable bonds is 5. The summed E-state index contributed by atoms with van der Waals surface area (Å²) in [6.07, 6.45) is 3.14. The zero-order chi connectivity index (χ0) is 25.2. The molecule has 0 unspecified atom stereocenters. The predicted molar refractivity (Wildman–Crippen MR) is 132 cm³/mol. The summed E-state index contributed by atoms with van der Waals surface area (Å²) in [7, 11) is 0.